The molecule has 0 bridgehead atoms. The summed E-state index contributed by atoms with van der Waals surface area (Å²) in [5.74, 6) is -8.01. The van der Waals surface area contributed by atoms with Gasteiger partial charge in [0.25, 0.3) is 0 Å². The van der Waals surface area contributed by atoms with Gasteiger partial charge in [0, 0.05) is 12.5 Å². The van der Waals surface area contributed by atoms with Crippen molar-refractivity contribution in [2.75, 3.05) is 0 Å². The van der Waals surface area contributed by atoms with Crippen LogP contribution in [0.3, 0.4) is 0 Å². The molecule has 0 aromatic heterocycles. The lowest BCUT2D eigenvalue weighted by Crippen LogP contribution is -2.24. The van der Waals surface area contributed by atoms with E-state index in [-0.39, 0.29) is 0 Å². The zero-order valence-corrected chi connectivity index (χ0v) is 8.21. The van der Waals surface area contributed by atoms with Gasteiger partial charge in [-0.3, -0.25) is 4.79 Å². The van der Waals surface area contributed by atoms with E-state index in [1.165, 1.54) is 0 Å². The molecule has 0 atom stereocenters. The SMILES string of the molecule is CC(F)(F)C(=O)c1cc(F)c(F)cc1Cl. The summed E-state index contributed by atoms with van der Waals surface area (Å²) in [6.45, 7) is 0.354. The smallest absolute Gasteiger partial charge is 0.287 e. The molecule has 0 unspecified atom stereocenters. The average Bonchev–Trinajstić information content (AvgIpc) is 2.08. The predicted octanol–water partition coefficient (Wildman–Crippen LogP) is 3.46. The van der Waals surface area contributed by atoms with Crippen molar-refractivity contribution >= 4 is 17.4 Å². The second-order valence-electron chi connectivity index (χ2n) is 2.96. The van der Waals surface area contributed by atoms with Gasteiger partial charge in [0.1, 0.15) is 0 Å². The van der Waals surface area contributed by atoms with Gasteiger partial charge in [-0.05, 0) is 12.1 Å². The number of halogens is 5. The molecule has 0 radical (unpaired) electrons. The Morgan fingerprint density at radius 3 is 2.20 bits per heavy atom. The summed E-state index contributed by atoms with van der Waals surface area (Å²) in [6, 6.07) is 0.841. The molecule has 6 heteroatoms. The standard InChI is InChI=1S/C9H5ClF4O/c1-9(13,14)8(15)4-2-6(11)7(12)3-5(4)10/h2-3H,1H3. The maximum Gasteiger partial charge on any atom is 0.307 e. The van der Waals surface area contributed by atoms with Crippen LogP contribution in [0.2, 0.25) is 5.02 Å². The zero-order chi connectivity index (χ0) is 11.8. The van der Waals surface area contributed by atoms with Crippen LogP contribution in [0, 0.1) is 11.6 Å². The van der Waals surface area contributed by atoms with E-state index in [9.17, 15) is 22.4 Å². The molecular weight excluding hydrogens is 236 g/mol. The Morgan fingerprint density at radius 2 is 1.73 bits per heavy atom. The van der Waals surface area contributed by atoms with Crippen LogP contribution < -0.4 is 0 Å². The molecule has 0 fully saturated rings. The molecule has 0 aliphatic carbocycles. The maximum absolute atomic E-state index is 12.7. The summed E-state index contributed by atoms with van der Waals surface area (Å²) in [7, 11) is 0. The van der Waals surface area contributed by atoms with Crippen LogP contribution in [0.1, 0.15) is 17.3 Å². The highest BCUT2D eigenvalue weighted by atomic mass is 35.5. The molecule has 0 aliphatic heterocycles. The highest BCUT2D eigenvalue weighted by Gasteiger charge is 2.35. The number of Topliss-reactive ketones (excluding diaryl/α,β-unsaturated/α-hetero) is 1. The van der Waals surface area contributed by atoms with E-state index in [0.717, 1.165) is 0 Å². The highest BCUT2D eigenvalue weighted by molar-refractivity contribution is 6.34. The summed E-state index contributed by atoms with van der Waals surface area (Å²) < 4.78 is 50.4. The molecule has 0 aliphatic rings. The number of rotatable bonds is 2. The predicted molar refractivity (Wildman–Crippen MR) is 46.3 cm³/mol. The molecular formula is C9H5ClF4O. The van der Waals surface area contributed by atoms with E-state index < -0.39 is 33.9 Å². The Balaban J connectivity index is 3.28. The van der Waals surface area contributed by atoms with Crippen LogP contribution in [-0.2, 0) is 0 Å². The van der Waals surface area contributed by atoms with Crippen LogP contribution in [0.25, 0.3) is 0 Å². The highest BCUT2D eigenvalue weighted by Crippen LogP contribution is 2.26. The lowest BCUT2D eigenvalue weighted by Gasteiger charge is -2.10. The number of benzene rings is 1. The van der Waals surface area contributed by atoms with E-state index in [2.05, 4.69) is 0 Å². The Labute approximate surface area is 87.7 Å². The first-order valence-electron chi connectivity index (χ1n) is 3.80. The maximum atomic E-state index is 12.7. The third kappa shape index (κ3) is 2.47. The lowest BCUT2D eigenvalue weighted by molar-refractivity contribution is 0.0221. The summed E-state index contributed by atoms with van der Waals surface area (Å²) in [5.41, 5.74) is -0.733. The minimum absolute atomic E-state index is 0.354. The van der Waals surface area contributed by atoms with Crippen molar-refractivity contribution < 1.29 is 22.4 Å². The van der Waals surface area contributed by atoms with Crippen molar-refractivity contribution in [2.45, 2.75) is 12.8 Å². The quantitative estimate of drug-likeness (QED) is 0.440. The summed E-state index contributed by atoms with van der Waals surface area (Å²) in [5, 5.41) is -0.541. The van der Waals surface area contributed by atoms with Crippen LogP contribution in [0.4, 0.5) is 17.6 Å². The van der Waals surface area contributed by atoms with Gasteiger partial charge in [-0.2, -0.15) is 8.78 Å². The van der Waals surface area contributed by atoms with Gasteiger partial charge in [0.05, 0.1) is 5.02 Å². The van der Waals surface area contributed by atoms with E-state index in [1.807, 2.05) is 0 Å². The van der Waals surface area contributed by atoms with Gasteiger partial charge < -0.3 is 0 Å². The van der Waals surface area contributed by atoms with Crippen molar-refractivity contribution in [1.29, 1.82) is 0 Å². The second-order valence-corrected chi connectivity index (χ2v) is 3.37. The van der Waals surface area contributed by atoms with Crippen molar-refractivity contribution in [3.05, 3.63) is 34.4 Å². The largest absolute Gasteiger partial charge is 0.307 e. The molecule has 0 N–H and O–H groups in total. The van der Waals surface area contributed by atoms with Gasteiger partial charge in [0.15, 0.2) is 11.6 Å². The first-order chi connectivity index (χ1) is 6.73. The van der Waals surface area contributed by atoms with Gasteiger partial charge >= 0.3 is 5.92 Å². The molecule has 1 aromatic rings. The summed E-state index contributed by atoms with van der Waals surface area (Å²) in [4.78, 5) is 11.0. The average molecular weight is 241 g/mol. The van der Waals surface area contributed by atoms with Crippen molar-refractivity contribution in [3.63, 3.8) is 0 Å². The molecule has 0 heterocycles. The number of ketones is 1. The third-order valence-corrected chi connectivity index (χ3v) is 1.97. The first kappa shape index (κ1) is 12.0. The number of carbonyl (C=O) groups is 1. The van der Waals surface area contributed by atoms with Crippen molar-refractivity contribution in [3.8, 4) is 0 Å². The van der Waals surface area contributed by atoms with Gasteiger partial charge in [-0.1, -0.05) is 11.6 Å². The van der Waals surface area contributed by atoms with Crippen LogP contribution >= 0.6 is 11.6 Å². The molecule has 1 rings (SSSR count). The monoisotopic (exact) mass is 240 g/mol. The van der Waals surface area contributed by atoms with E-state index in [0.29, 0.717) is 19.1 Å². The molecule has 0 saturated carbocycles. The molecule has 15 heavy (non-hydrogen) atoms. The minimum Gasteiger partial charge on any atom is -0.287 e. The lowest BCUT2D eigenvalue weighted by atomic mass is 10.1. The number of alkyl halides is 2. The molecule has 82 valence electrons. The fourth-order valence-corrected chi connectivity index (χ4v) is 1.17. The first-order valence-corrected chi connectivity index (χ1v) is 4.18. The van der Waals surface area contributed by atoms with Gasteiger partial charge in [0.2, 0.25) is 5.78 Å². The number of carbonyl (C=O) groups excluding carboxylic acids is 1. The number of hydrogen-bond acceptors (Lipinski definition) is 1. The summed E-state index contributed by atoms with van der Waals surface area (Å²) in [6.07, 6.45) is 0. The normalized spacial score (nSPS) is 11.6. The molecule has 0 spiro atoms. The fourth-order valence-electron chi connectivity index (χ4n) is 0.933. The minimum atomic E-state index is -3.67. The molecule has 1 aromatic carbocycles. The number of hydrogen-bond donors (Lipinski definition) is 0. The second kappa shape index (κ2) is 3.81. The van der Waals surface area contributed by atoms with Crippen LogP contribution in [-0.4, -0.2) is 11.7 Å². The van der Waals surface area contributed by atoms with Gasteiger partial charge in [-0.25, -0.2) is 8.78 Å². The Morgan fingerprint density at radius 1 is 1.27 bits per heavy atom. The van der Waals surface area contributed by atoms with Crippen LogP contribution in [0.15, 0.2) is 12.1 Å². The van der Waals surface area contributed by atoms with Crippen molar-refractivity contribution in [2.24, 2.45) is 0 Å². The van der Waals surface area contributed by atoms with E-state index >= 15 is 0 Å². The fraction of sp³-hybridized carbons (Fsp3) is 0.222. The molecule has 0 saturated heterocycles. The van der Waals surface area contributed by atoms with E-state index in [4.69, 9.17) is 11.6 Å². The van der Waals surface area contributed by atoms with Gasteiger partial charge in [-0.15, -0.1) is 0 Å². The molecule has 0 amide bonds. The Hall–Kier alpha value is -1.10. The Kier molecular flexibility index (Phi) is 3.04. The summed E-state index contributed by atoms with van der Waals surface area (Å²) >= 11 is 5.34. The topological polar surface area (TPSA) is 17.1 Å². The third-order valence-electron chi connectivity index (χ3n) is 1.65. The van der Waals surface area contributed by atoms with Crippen LogP contribution in [0.5, 0.6) is 0 Å². The Bertz CT molecular complexity index is 411. The van der Waals surface area contributed by atoms with Crippen molar-refractivity contribution in [1.82, 2.24) is 0 Å². The zero-order valence-electron chi connectivity index (χ0n) is 7.45. The van der Waals surface area contributed by atoms with E-state index in [1.54, 1.807) is 0 Å². The molecule has 1 nitrogen and oxygen atoms in total.